The van der Waals surface area contributed by atoms with Crippen molar-refractivity contribution in [3.8, 4) is 10.7 Å². The maximum absolute atomic E-state index is 4.65. The van der Waals surface area contributed by atoms with Crippen LogP contribution < -0.4 is 4.90 Å². The number of aryl methyl sites for hydroxylation is 1. The molecule has 2 aromatic rings. The van der Waals surface area contributed by atoms with E-state index >= 15 is 0 Å². The summed E-state index contributed by atoms with van der Waals surface area (Å²) in [5.41, 5.74) is 1.02. The van der Waals surface area contributed by atoms with Crippen molar-refractivity contribution >= 4 is 17.2 Å². The number of anilines is 1. The predicted octanol–water partition coefficient (Wildman–Crippen LogP) is 3.75. The molecule has 0 saturated heterocycles. The van der Waals surface area contributed by atoms with Crippen molar-refractivity contribution in [2.24, 2.45) is 0 Å². The van der Waals surface area contributed by atoms with Gasteiger partial charge in [-0.1, -0.05) is 19.4 Å². The van der Waals surface area contributed by atoms with Crippen molar-refractivity contribution in [2.75, 3.05) is 18.5 Å². The van der Waals surface area contributed by atoms with Crippen molar-refractivity contribution in [3.63, 3.8) is 0 Å². The third kappa shape index (κ3) is 3.07. The van der Waals surface area contributed by atoms with Crippen LogP contribution >= 0.6 is 11.3 Å². The zero-order chi connectivity index (χ0) is 13.0. The van der Waals surface area contributed by atoms with Crippen LogP contribution in [0, 0.1) is 6.92 Å². The van der Waals surface area contributed by atoms with Gasteiger partial charge in [-0.2, -0.15) is 0 Å². The number of thiophene rings is 1. The molecule has 18 heavy (non-hydrogen) atoms. The summed E-state index contributed by atoms with van der Waals surface area (Å²) in [6.45, 7) is 5.27. The van der Waals surface area contributed by atoms with E-state index in [4.69, 9.17) is 0 Å². The summed E-state index contributed by atoms with van der Waals surface area (Å²) in [5.74, 6) is 1.85. The van der Waals surface area contributed by atoms with Gasteiger partial charge in [-0.3, -0.25) is 0 Å². The second-order valence-electron chi connectivity index (χ2n) is 4.44. The van der Waals surface area contributed by atoms with Crippen molar-refractivity contribution < 1.29 is 0 Å². The van der Waals surface area contributed by atoms with Crippen LogP contribution in [0.3, 0.4) is 0 Å². The summed E-state index contributed by atoms with van der Waals surface area (Å²) >= 11 is 1.68. The topological polar surface area (TPSA) is 29.0 Å². The van der Waals surface area contributed by atoms with Crippen molar-refractivity contribution in [3.05, 3.63) is 29.3 Å². The molecule has 2 heterocycles. The maximum atomic E-state index is 4.65. The standard InChI is InChI=1S/C14H19N3S/c1-4-5-8-17(3)13-10-11(2)15-14(16-13)12-7-6-9-18-12/h6-7,9-10H,4-5,8H2,1-3H3. The molecule has 0 N–H and O–H groups in total. The second-order valence-corrected chi connectivity index (χ2v) is 5.39. The molecule has 3 nitrogen and oxygen atoms in total. The van der Waals surface area contributed by atoms with Gasteiger partial charge in [0.1, 0.15) is 5.82 Å². The van der Waals surface area contributed by atoms with Crippen molar-refractivity contribution in [2.45, 2.75) is 26.7 Å². The van der Waals surface area contributed by atoms with Crippen LogP contribution in [-0.2, 0) is 0 Å². The van der Waals surface area contributed by atoms with Crippen LogP contribution in [0.4, 0.5) is 5.82 Å². The quantitative estimate of drug-likeness (QED) is 0.821. The molecule has 0 aliphatic rings. The first-order valence-electron chi connectivity index (χ1n) is 6.31. The Kier molecular flexibility index (Phi) is 4.31. The van der Waals surface area contributed by atoms with Gasteiger partial charge in [0.2, 0.25) is 0 Å². The van der Waals surface area contributed by atoms with Crippen LogP contribution in [0.15, 0.2) is 23.6 Å². The van der Waals surface area contributed by atoms with E-state index in [1.165, 1.54) is 12.8 Å². The summed E-state index contributed by atoms with van der Waals surface area (Å²) in [5, 5.41) is 2.06. The lowest BCUT2D eigenvalue weighted by atomic mass is 10.3. The number of hydrogen-bond donors (Lipinski definition) is 0. The minimum absolute atomic E-state index is 0.836. The fourth-order valence-corrected chi connectivity index (χ4v) is 2.43. The third-order valence-electron chi connectivity index (χ3n) is 2.82. The highest BCUT2D eigenvalue weighted by atomic mass is 32.1. The summed E-state index contributed by atoms with van der Waals surface area (Å²) in [6, 6.07) is 6.15. The lowest BCUT2D eigenvalue weighted by Gasteiger charge is -2.18. The lowest BCUT2D eigenvalue weighted by Crippen LogP contribution is -2.20. The van der Waals surface area contributed by atoms with E-state index in [2.05, 4.69) is 40.3 Å². The summed E-state index contributed by atoms with van der Waals surface area (Å²) in [4.78, 5) is 12.5. The highest BCUT2D eigenvalue weighted by Gasteiger charge is 2.08. The maximum Gasteiger partial charge on any atom is 0.171 e. The highest BCUT2D eigenvalue weighted by molar-refractivity contribution is 7.13. The molecule has 0 aliphatic carbocycles. The van der Waals surface area contributed by atoms with Gasteiger partial charge in [-0.25, -0.2) is 9.97 Å². The average molecular weight is 261 g/mol. The molecule has 0 saturated carbocycles. The van der Waals surface area contributed by atoms with Gasteiger partial charge < -0.3 is 4.90 Å². The smallest absolute Gasteiger partial charge is 0.171 e. The Balaban J connectivity index is 2.26. The number of aromatic nitrogens is 2. The number of hydrogen-bond acceptors (Lipinski definition) is 4. The molecular weight excluding hydrogens is 242 g/mol. The monoisotopic (exact) mass is 261 g/mol. The Bertz CT molecular complexity index is 494. The second kappa shape index (κ2) is 5.96. The normalized spacial score (nSPS) is 10.6. The minimum atomic E-state index is 0.836. The number of nitrogens with zero attached hydrogens (tertiary/aromatic N) is 3. The summed E-state index contributed by atoms with van der Waals surface area (Å²) < 4.78 is 0. The molecule has 0 radical (unpaired) electrons. The van der Waals surface area contributed by atoms with Crippen LogP contribution in [-0.4, -0.2) is 23.6 Å². The van der Waals surface area contributed by atoms with E-state index in [0.29, 0.717) is 0 Å². The van der Waals surface area contributed by atoms with Gasteiger partial charge in [0.25, 0.3) is 0 Å². The van der Waals surface area contributed by atoms with Crippen LogP contribution in [0.5, 0.6) is 0 Å². The van der Waals surface area contributed by atoms with Crippen LogP contribution in [0.25, 0.3) is 10.7 Å². The van der Waals surface area contributed by atoms with Gasteiger partial charge >= 0.3 is 0 Å². The Morgan fingerprint density at radius 3 is 2.83 bits per heavy atom. The SMILES string of the molecule is CCCCN(C)c1cc(C)nc(-c2cccs2)n1. The third-order valence-corrected chi connectivity index (χ3v) is 3.69. The fourth-order valence-electron chi connectivity index (χ4n) is 1.77. The van der Waals surface area contributed by atoms with E-state index in [9.17, 15) is 0 Å². The fraction of sp³-hybridized carbons (Fsp3) is 0.429. The number of rotatable bonds is 5. The van der Waals surface area contributed by atoms with Crippen LogP contribution in [0.2, 0.25) is 0 Å². The average Bonchev–Trinajstić information content (AvgIpc) is 2.89. The molecule has 2 aromatic heterocycles. The number of unbranched alkanes of at least 4 members (excludes halogenated alkanes) is 1. The molecule has 0 fully saturated rings. The molecule has 0 spiro atoms. The predicted molar refractivity (Wildman–Crippen MR) is 78.3 cm³/mol. The molecular formula is C14H19N3S. The van der Waals surface area contributed by atoms with E-state index in [-0.39, 0.29) is 0 Å². The molecule has 0 aliphatic heterocycles. The molecule has 4 heteroatoms. The van der Waals surface area contributed by atoms with E-state index in [1.807, 2.05) is 19.1 Å². The van der Waals surface area contributed by atoms with Crippen molar-refractivity contribution in [1.29, 1.82) is 0 Å². The van der Waals surface area contributed by atoms with Gasteiger partial charge in [-0.05, 0) is 24.8 Å². The zero-order valence-corrected chi connectivity index (χ0v) is 12.0. The van der Waals surface area contributed by atoms with Gasteiger partial charge in [0.05, 0.1) is 4.88 Å². The first-order chi connectivity index (χ1) is 8.70. The molecule has 0 unspecified atom stereocenters. The molecule has 96 valence electrons. The Morgan fingerprint density at radius 1 is 1.33 bits per heavy atom. The van der Waals surface area contributed by atoms with E-state index < -0.39 is 0 Å². The lowest BCUT2D eigenvalue weighted by molar-refractivity contribution is 0.758. The zero-order valence-electron chi connectivity index (χ0n) is 11.2. The van der Waals surface area contributed by atoms with Gasteiger partial charge in [-0.15, -0.1) is 11.3 Å². The van der Waals surface area contributed by atoms with E-state index in [1.54, 1.807) is 11.3 Å². The molecule has 2 rings (SSSR count). The molecule has 0 bridgehead atoms. The van der Waals surface area contributed by atoms with Crippen LogP contribution in [0.1, 0.15) is 25.5 Å². The largest absolute Gasteiger partial charge is 0.360 e. The summed E-state index contributed by atoms with van der Waals surface area (Å²) in [6.07, 6.45) is 2.39. The first-order valence-corrected chi connectivity index (χ1v) is 7.19. The van der Waals surface area contributed by atoms with E-state index in [0.717, 1.165) is 28.8 Å². The van der Waals surface area contributed by atoms with Gasteiger partial charge in [0, 0.05) is 25.4 Å². The molecule has 0 aromatic carbocycles. The Hall–Kier alpha value is -1.42. The molecule has 0 amide bonds. The Morgan fingerprint density at radius 2 is 2.17 bits per heavy atom. The summed E-state index contributed by atoms with van der Waals surface area (Å²) in [7, 11) is 2.09. The Labute approximate surface area is 113 Å². The first kappa shape index (κ1) is 13.0. The van der Waals surface area contributed by atoms with Crippen molar-refractivity contribution in [1.82, 2.24) is 9.97 Å². The highest BCUT2D eigenvalue weighted by Crippen LogP contribution is 2.23. The minimum Gasteiger partial charge on any atom is -0.360 e. The van der Waals surface area contributed by atoms with Gasteiger partial charge in [0.15, 0.2) is 5.82 Å². The molecule has 0 atom stereocenters.